The third-order valence-corrected chi connectivity index (χ3v) is 4.72. The molecule has 0 unspecified atom stereocenters. The Bertz CT molecular complexity index is 723. The normalized spacial score (nSPS) is 16.5. The maximum absolute atomic E-state index is 12.4. The molecule has 134 valence electrons. The van der Waals surface area contributed by atoms with E-state index in [9.17, 15) is 4.79 Å². The van der Waals surface area contributed by atoms with Crippen LogP contribution in [0.25, 0.3) is 0 Å². The number of nitrogens with zero attached hydrogens (tertiary/aromatic N) is 2. The topological polar surface area (TPSA) is 72.0 Å². The third kappa shape index (κ3) is 3.93. The number of hydrogen-bond acceptors (Lipinski definition) is 5. The van der Waals surface area contributed by atoms with E-state index in [1.54, 1.807) is 20.1 Å². The van der Waals surface area contributed by atoms with Crippen molar-refractivity contribution in [2.24, 2.45) is 0 Å². The van der Waals surface area contributed by atoms with Gasteiger partial charge in [0.1, 0.15) is 11.5 Å². The van der Waals surface area contributed by atoms with Gasteiger partial charge in [-0.3, -0.25) is 4.79 Å². The van der Waals surface area contributed by atoms with E-state index < -0.39 is 0 Å². The molecular formula is C18H25N4O3+. The number of rotatable bonds is 5. The standard InChI is InChI=1S/C18H24N4O3/c1-13-12-17(20-25-13)19-18(23)14(2)21-8-10-22(11-9-21)15-6-4-5-7-16(15)24-3/h4-7,12,14H,8-11H2,1-3H3,(H,19,20,23)/p+1/t14-/m0/s1. The minimum Gasteiger partial charge on any atom is -0.495 e. The molecule has 1 atom stereocenters. The number of amides is 1. The third-order valence-electron chi connectivity index (χ3n) is 4.72. The maximum Gasteiger partial charge on any atom is 0.283 e. The first-order valence-corrected chi connectivity index (χ1v) is 8.55. The summed E-state index contributed by atoms with van der Waals surface area (Å²) < 4.78 is 10.4. The van der Waals surface area contributed by atoms with Gasteiger partial charge in [-0.25, -0.2) is 0 Å². The zero-order valence-corrected chi connectivity index (χ0v) is 14.9. The van der Waals surface area contributed by atoms with Crippen molar-refractivity contribution in [1.29, 1.82) is 0 Å². The van der Waals surface area contributed by atoms with E-state index in [0.29, 0.717) is 11.6 Å². The minimum atomic E-state index is -0.142. The molecule has 1 amide bonds. The van der Waals surface area contributed by atoms with Crippen LogP contribution in [0, 0.1) is 6.92 Å². The lowest BCUT2D eigenvalue weighted by Gasteiger charge is -2.36. The first-order valence-electron chi connectivity index (χ1n) is 8.55. The molecule has 2 aromatic rings. The van der Waals surface area contributed by atoms with Gasteiger partial charge in [0.15, 0.2) is 11.9 Å². The summed E-state index contributed by atoms with van der Waals surface area (Å²) in [5, 5.41) is 6.64. The summed E-state index contributed by atoms with van der Waals surface area (Å²) in [7, 11) is 1.69. The van der Waals surface area contributed by atoms with Crippen LogP contribution >= 0.6 is 0 Å². The first kappa shape index (κ1) is 17.3. The van der Waals surface area contributed by atoms with Crippen LogP contribution in [0.2, 0.25) is 0 Å². The van der Waals surface area contributed by atoms with E-state index in [0.717, 1.165) is 37.6 Å². The lowest BCUT2D eigenvalue weighted by molar-refractivity contribution is -0.914. The van der Waals surface area contributed by atoms with Crippen LogP contribution in [-0.4, -0.2) is 50.4 Å². The molecule has 1 saturated heterocycles. The number of para-hydroxylation sites is 2. The highest BCUT2D eigenvalue weighted by atomic mass is 16.5. The Balaban J connectivity index is 1.57. The fourth-order valence-corrected chi connectivity index (χ4v) is 3.20. The van der Waals surface area contributed by atoms with Gasteiger partial charge in [-0.1, -0.05) is 17.3 Å². The Morgan fingerprint density at radius 1 is 1.36 bits per heavy atom. The molecule has 1 aliphatic rings. The second kappa shape index (κ2) is 7.57. The van der Waals surface area contributed by atoms with Crippen molar-refractivity contribution in [1.82, 2.24) is 5.16 Å². The molecule has 1 fully saturated rings. The van der Waals surface area contributed by atoms with Gasteiger partial charge in [0.2, 0.25) is 0 Å². The first-order chi connectivity index (χ1) is 12.1. The number of anilines is 2. The summed E-state index contributed by atoms with van der Waals surface area (Å²) in [4.78, 5) is 16.0. The quantitative estimate of drug-likeness (QED) is 0.836. The van der Waals surface area contributed by atoms with E-state index in [4.69, 9.17) is 9.26 Å². The predicted molar refractivity (Wildman–Crippen MR) is 95.2 cm³/mol. The van der Waals surface area contributed by atoms with Crippen LogP contribution in [0.1, 0.15) is 12.7 Å². The molecule has 1 aromatic heterocycles. The maximum atomic E-state index is 12.4. The SMILES string of the molecule is COc1ccccc1N1CC[NH+]([C@@H](C)C(=O)Nc2cc(C)on2)CC1. The molecule has 0 bridgehead atoms. The van der Waals surface area contributed by atoms with Crippen molar-refractivity contribution in [3.05, 3.63) is 36.1 Å². The highest BCUT2D eigenvalue weighted by molar-refractivity contribution is 5.92. The Labute approximate surface area is 147 Å². The largest absolute Gasteiger partial charge is 0.495 e. The molecule has 25 heavy (non-hydrogen) atoms. The van der Waals surface area contributed by atoms with Gasteiger partial charge in [-0.15, -0.1) is 0 Å². The molecule has 7 heteroatoms. The van der Waals surface area contributed by atoms with Crippen LogP contribution in [0.5, 0.6) is 5.75 Å². The van der Waals surface area contributed by atoms with Gasteiger partial charge in [-0.2, -0.15) is 0 Å². The average Bonchev–Trinajstić information content (AvgIpc) is 3.06. The number of benzene rings is 1. The zero-order chi connectivity index (χ0) is 17.8. The molecule has 2 heterocycles. The lowest BCUT2D eigenvalue weighted by Crippen LogP contribution is -3.19. The van der Waals surface area contributed by atoms with Gasteiger partial charge in [0, 0.05) is 6.07 Å². The van der Waals surface area contributed by atoms with Crippen molar-refractivity contribution in [2.75, 3.05) is 43.5 Å². The van der Waals surface area contributed by atoms with Crippen LogP contribution < -0.4 is 19.9 Å². The van der Waals surface area contributed by atoms with Gasteiger partial charge < -0.3 is 24.4 Å². The molecule has 0 aliphatic carbocycles. The number of piperazine rings is 1. The lowest BCUT2D eigenvalue weighted by atomic mass is 10.2. The smallest absolute Gasteiger partial charge is 0.283 e. The van der Waals surface area contributed by atoms with Gasteiger partial charge in [-0.05, 0) is 26.0 Å². The highest BCUT2D eigenvalue weighted by Gasteiger charge is 2.30. The van der Waals surface area contributed by atoms with Crippen molar-refractivity contribution in [3.8, 4) is 5.75 Å². The summed E-state index contributed by atoms with van der Waals surface area (Å²) in [6, 6.07) is 9.63. The zero-order valence-electron chi connectivity index (χ0n) is 14.9. The highest BCUT2D eigenvalue weighted by Crippen LogP contribution is 2.27. The number of carbonyl (C=O) groups excluding carboxylic acids is 1. The Morgan fingerprint density at radius 3 is 2.72 bits per heavy atom. The van der Waals surface area contributed by atoms with Gasteiger partial charge in [0.25, 0.3) is 5.91 Å². The summed E-state index contributed by atoms with van der Waals surface area (Å²) in [6.07, 6.45) is 0. The van der Waals surface area contributed by atoms with Crippen molar-refractivity contribution in [3.63, 3.8) is 0 Å². The van der Waals surface area contributed by atoms with Crippen molar-refractivity contribution >= 4 is 17.4 Å². The van der Waals surface area contributed by atoms with Crippen molar-refractivity contribution in [2.45, 2.75) is 19.9 Å². The molecule has 1 aromatic carbocycles. The van der Waals surface area contributed by atoms with E-state index in [2.05, 4.69) is 21.4 Å². The minimum absolute atomic E-state index is 0.0333. The molecule has 0 radical (unpaired) electrons. The van der Waals surface area contributed by atoms with Gasteiger partial charge >= 0.3 is 0 Å². The number of nitrogens with one attached hydrogen (secondary N) is 2. The van der Waals surface area contributed by atoms with E-state index in [1.807, 2.05) is 25.1 Å². The second-order valence-electron chi connectivity index (χ2n) is 6.35. The fraction of sp³-hybridized carbons (Fsp3) is 0.444. The summed E-state index contributed by atoms with van der Waals surface area (Å²) >= 11 is 0. The van der Waals surface area contributed by atoms with Crippen molar-refractivity contribution < 1.29 is 19.0 Å². The molecule has 3 rings (SSSR count). The molecule has 0 spiro atoms. The second-order valence-corrected chi connectivity index (χ2v) is 6.35. The summed E-state index contributed by atoms with van der Waals surface area (Å²) in [6.45, 7) is 7.31. The Kier molecular flexibility index (Phi) is 5.23. The van der Waals surface area contributed by atoms with Gasteiger partial charge in [0.05, 0.1) is 39.0 Å². The number of aryl methyl sites for hydroxylation is 1. The van der Waals surface area contributed by atoms with Crippen LogP contribution in [0.4, 0.5) is 11.5 Å². The molecular weight excluding hydrogens is 320 g/mol. The number of carbonyl (C=O) groups is 1. The van der Waals surface area contributed by atoms with Crippen LogP contribution in [-0.2, 0) is 4.79 Å². The fourth-order valence-electron chi connectivity index (χ4n) is 3.20. The number of methoxy groups -OCH3 is 1. The average molecular weight is 345 g/mol. The number of aromatic nitrogens is 1. The summed E-state index contributed by atoms with van der Waals surface area (Å²) in [5.74, 6) is 2.01. The summed E-state index contributed by atoms with van der Waals surface area (Å²) in [5.41, 5.74) is 1.11. The number of quaternary nitrogens is 1. The molecule has 2 N–H and O–H groups in total. The van der Waals surface area contributed by atoms with E-state index in [1.165, 1.54) is 4.90 Å². The predicted octanol–water partition coefficient (Wildman–Crippen LogP) is 0.724. The molecule has 1 aliphatic heterocycles. The Hall–Kier alpha value is -2.54. The van der Waals surface area contributed by atoms with Crippen LogP contribution in [0.3, 0.4) is 0 Å². The monoisotopic (exact) mass is 345 g/mol. The van der Waals surface area contributed by atoms with E-state index >= 15 is 0 Å². The number of hydrogen-bond donors (Lipinski definition) is 2. The molecule has 0 saturated carbocycles. The van der Waals surface area contributed by atoms with E-state index in [-0.39, 0.29) is 11.9 Å². The molecule has 7 nitrogen and oxygen atoms in total. The number of ether oxygens (including phenoxy) is 1. The Morgan fingerprint density at radius 2 is 2.08 bits per heavy atom. The van der Waals surface area contributed by atoms with Crippen LogP contribution in [0.15, 0.2) is 34.9 Å².